The monoisotopic (exact) mass is 346 g/mol. The number of carbonyl (C=O) groups excluding carboxylic acids is 1. The quantitative estimate of drug-likeness (QED) is 0.835. The molecule has 0 aliphatic carbocycles. The highest BCUT2D eigenvalue weighted by molar-refractivity contribution is 6.04. The largest absolute Gasteiger partial charge is 0.370 e. The summed E-state index contributed by atoms with van der Waals surface area (Å²) in [6, 6.07) is 8.03. The van der Waals surface area contributed by atoms with Crippen molar-refractivity contribution in [3.8, 4) is 0 Å². The summed E-state index contributed by atoms with van der Waals surface area (Å²) in [5, 5.41) is 2.48. The Hall–Kier alpha value is -2.76. The molecule has 0 spiro atoms. The van der Waals surface area contributed by atoms with Crippen LogP contribution in [0.5, 0.6) is 0 Å². The van der Waals surface area contributed by atoms with Gasteiger partial charge >= 0.3 is 0 Å². The average molecular weight is 346 g/mol. The van der Waals surface area contributed by atoms with Crippen LogP contribution in [0.2, 0.25) is 0 Å². The number of amides is 1. The summed E-state index contributed by atoms with van der Waals surface area (Å²) in [6.07, 6.45) is 4.05. The molecule has 3 rings (SSSR count). The third-order valence-electron chi connectivity index (χ3n) is 4.09. The Morgan fingerprint density at radius 2 is 1.56 bits per heavy atom. The minimum absolute atomic E-state index is 0.0769. The van der Waals surface area contributed by atoms with Gasteiger partial charge in [0.1, 0.15) is 23.1 Å². The highest BCUT2D eigenvalue weighted by Gasteiger charge is 2.19. The van der Waals surface area contributed by atoms with Crippen LogP contribution in [-0.4, -0.2) is 19.0 Å². The standard InChI is InChI=1S/C19H17F3N2O/c20-14-5-3-6-15(21)13(14)9-10-18(25)23-19-16(22)7-4-8-17(19)24-11-1-2-12-24/h3-10H,1-2,11-12H2,(H,23,25). The van der Waals surface area contributed by atoms with Gasteiger partial charge in [0.05, 0.1) is 5.69 Å². The number of hydrogen-bond donors (Lipinski definition) is 1. The summed E-state index contributed by atoms with van der Waals surface area (Å²) < 4.78 is 41.3. The lowest BCUT2D eigenvalue weighted by Crippen LogP contribution is -2.21. The van der Waals surface area contributed by atoms with Gasteiger partial charge in [-0.25, -0.2) is 13.2 Å². The first-order valence-electron chi connectivity index (χ1n) is 8.03. The molecule has 0 atom stereocenters. The van der Waals surface area contributed by atoms with Crippen molar-refractivity contribution >= 4 is 23.4 Å². The summed E-state index contributed by atoms with van der Waals surface area (Å²) in [4.78, 5) is 14.1. The number of rotatable bonds is 4. The van der Waals surface area contributed by atoms with Crippen molar-refractivity contribution in [2.45, 2.75) is 12.8 Å². The first-order chi connectivity index (χ1) is 12.1. The Kier molecular flexibility index (Phi) is 5.07. The molecule has 1 N–H and O–H groups in total. The van der Waals surface area contributed by atoms with Crippen LogP contribution < -0.4 is 10.2 Å². The van der Waals surface area contributed by atoms with Crippen LogP contribution in [0.3, 0.4) is 0 Å². The minimum Gasteiger partial charge on any atom is -0.370 e. The van der Waals surface area contributed by atoms with Crippen molar-refractivity contribution in [1.29, 1.82) is 0 Å². The van der Waals surface area contributed by atoms with Crippen LogP contribution in [0.4, 0.5) is 24.5 Å². The summed E-state index contributed by atoms with van der Waals surface area (Å²) in [5.74, 6) is -2.75. The molecular formula is C19H17F3N2O. The van der Waals surface area contributed by atoms with Gasteiger partial charge in [-0.2, -0.15) is 0 Å². The molecule has 1 heterocycles. The first kappa shape index (κ1) is 17.1. The number of anilines is 2. The summed E-state index contributed by atoms with van der Waals surface area (Å²) >= 11 is 0. The number of hydrogen-bond acceptors (Lipinski definition) is 2. The summed E-state index contributed by atoms with van der Waals surface area (Å²) in [6.45, 7) is 1.59. The molecule has 0 saturated carbocycles. The Morgan fingerprint density at radius 1 is 0.960 bits per heavy atom. The van der Waals surface area contributed by atoms with Crippen molar-refractivity contribution in [1.82, 2.24) is 0 Å². The van der Waals surface area contributed by atoms with Crippen LogP contribution >= 0.6 is 0 Å². The zero-order valence-corrected chi connectivity index (χ0v) is 13.4. The fourth-order valence-electron chi connectivity index (χ4n) is 2.85. The molecule has 1 aliphatic rings. The Bertz CT molecular complexity index is 794. The number of carbonyl (C=O) groups is 1. The molecule has 1 fully saturated rings. The second-order valence-electron chi connectivity index (χ2n) is 5.79. The summed E-state index contributed by atoms with van der Waals surface area (Å²) in [5.41, 5.74) is 0.371. The van der Waals surface area contributed by atoms with Crippen molar-refractivity contribution in [3.63, 3.8) is 0 Å². The molecule has 2 aromatic rings. The van der Waals surface area contributed by atoms with Gasteiger partial charge in [-0.05, 0) is 43.2 Å². The van der Waals surface area contributed by atoms with E-state index < -0.39 is 23.4 Å². The van der Waals surface area contributed by atoms with Crippen LogP contribution in [-0.2, 0) is 4.79 Å². The third-order valence-corrected chi connectivity index (χ3v) is 4.09. The smallest absolute Gasteiger partial charge is 0.248 e. The molecule has 6 heteroatoms. The topological polar surface area (TPSA) is 32.3 Å². The molecule has 0 unspecified atom stereocenters. The van der Waals surface area contributed by atoms with Crippen molar-refractivity contribution in [3.05, 3.63) is 65.5 Å². The maximum absolute atomic E-state index is 14.2. The molecule has 130 valence electrons. The number of halogens is 3. The van der Waals surface area contributed by atoms with Gasteiger partial charge in [0.15, 0.2) is 0 Å². The lowest BCUT2D eigenvalue weighted by atomic mass is 10.2. The lowest BCUT2D eigenvalue weighted by Gasteiger charge is -2.21. The highest BCUT2D eigenvalue weighted by Crippen LogP contribution is 2.31. The third kappa shape index (κ3) is 3.84. The number of benzene rings is 2. The van der Waals surface area contributed by atoms with E-state index in [0.717, 1.165) is 50.2 Å². The molecule has 3 nitrogen and oxygen atoms in total. The molecule has 0 aromatic heterocycles. The second kappa shape index (κ2) is 7.42. The maximum atomic E-state index is 14.2. The van der Waals surface area contributed by atoms with Crippen LogP contribution in [0.1, 0.15) is 18.4 Å². The molecule has 2 aromatic carbocycles. The molecular weight excluding hydrogens is 329 g/mol. The van der Waals surface area contributed by atoms with E-state index in [2.05, 4.69) is 5.32 Å². The Morgan fingerprint density at radius 3 is 2.24 bits per heavy atom. The predicted octanol–water partition coefficient (Wildman–Crippen LogP) is 4.36. The predicted molar refractivity (Wildman–Crippen MR) is 91.9 cm³/mol. The van der Waals surface area contributed by atoms with E-state index in [0.29, 0.717) is 5.69 Å². The normalized spacial score (nSPS) is 14.3. The molecule has 1 amide bonds. The zero-order valence-electron chi connectivity index (χ0n) is 13.4. The van der Waals surface area contributed by atoms with E-state index in [1.165, 1.54) is 12.1 Å². The van der Waals surface area contributed by atoms with Crippen molar-refractivity contribution in [2.24, 2.45) is 0 Å². The van der Waals surface area contributed by atoms with Gasteiger partial charge in [-0.1, -0.05) is 12.1 Å². The van der Waals surface area contributed by atoms with Crippen molar-refractivity contribution < 1.29 is 18.0 Å². The van der Waals surface area contributed by atoms with E-state index in [-0.39, 0.29) is 11.3 Å². The van der Waals surface area contributed by atoms with Crippen LogP contribution in [0.15, 0.2) is 42.5 Å². The molecule has 0 bridgehead atoms. The maximum Gasteiger partial charge on any atom is 0.248 e. The van der Waals surface area contributed by atoms with Gasteiger partial charge in [0, 0.05) is 24.7 Å². The number of nitrogens with zero attached hydrogens (tertiary/aromatic N) is 1. The SMILES string of the molecule is O=C(C=Cc1c(F)cccc1F)Nc1c(F)cccc1N1CCCC1. The first-order valence-corrected chi connectivity index (χ1v) is 8.03. The fourth-order valence-corrected chi connectivity index (χ4v) is 2.85. The number of nitrogens with one attached hydrogen (secondary N) is 1. The van der Waals surface area contributed by atoms with Crippen LogP contribution in [0, 0.1) is 17.5 Å². The van der Waals surface area contributed by atoms with E-state index in [1.807, 2.05) is 4.90 Å². The fraction of sp³-hybridized carbons (Fsp3) is 0.211. The van der Waals surface area contributed by atoms with Gasteiger partial charge in [0.2, 0.25) is 5.91 Å². The van der Waals surface area contributed by atoms with Crippen molar-refractivity contribution in [2.75, 3.05) is 23.3 Å². The van der Waals surface area contributed by atoms with E-state index >= 15 is 0 Å². The average Bonchev–Trinajstić information content (AvgIpc) is 3.10. The lowest BCUT2D eigenvalue weighted by molar-refractivity contribution is -0.111. The summed E-state index contributed by atoms with van der Waals surface area (Å²) in [7, 11) is 0. The van der Waals surface area contributed by atoms with Gasteiger partial charge < -0.3 is 10.2 Å². The molecule has 25 heavy (non-hydrogen) atoms. The second-order valence-corrected chi connectivity index (χ2v) is 5.79. The van der Waals surface area contributed by atoms with E-state index in [4.69, 9.17) is 0 Å². The Labute approximate surface area is 143 Å². The van der Waals surface area contributed by atoms with E-state index in [1.54, 1.807) is 12.1 Å². The van der Waals surface area contributed by atoms with Crippen LogP contribution in [0.25, 0.3) is 6.08 Å². The minimum atomic E-state index is -0.771. The van der Waals surface area contributed by atoms with Gasteiger partial charge in [-0.15, -0.1) is 0 Å². The molecule has 1 saturated heterocycles. The molecule has 1 aliphatic heterocycles. The van der Waals surface area contributed by atoms with Gasteiger partial charge in [-0.3, -0.25) is 4.79 Å². The number of para-hydroxylation sites is 1. The zero-order chi connectivity index (χ0) is 17.8. The van der Waals surface area contributed by atoms with Gasteiger partial charge in [0.25, 0.3) is 0 Å². The highest BCUT2D eigenvalue weighted by atomic mass is 19.1. The Balaban J connectivity index is 1.80. The van der Waals surface area contributed by atoms with E-state index in [9.17, 15) is 18.0 Å². The molecule has 0 radical (unpaired) electrons.